The SMILES string of the molecule is COC(=O)c1cc([N+](=O)[O-])c(NC2CCN(c3ccc(C)cn3)CC2)cc1Cl. The fourth-order valence-electron chi connectivity index (χ4n) is 3.21. The van der Waals surface area contributed by atoms with Gasteiger partial charge in [-0.3, -0.25) is 10.1 Å². The van der Waals surface area contributed by atoms with Crippen LogP contribution in [0.5, 0.6) is 0 Å². The second-order valence-electron chi connectivity index (χ2n) is 6.70. The van der Waals surface area contributed by atoms with Crippen molar-refractivity contribution in [3.63, 3.8) is 0 Å². The molecule has 28 heavy (non-hydrogen) atoms. The molecule has 1 aromatic carbocycles. The maximum atomic E-state index is 11.7. The van der Waals surface area contributed by atoms with E-state index in [1.165, 1.54) is 13.2 Å². The standard InChI is InChI=1S/C19H21ClN4O4/c1-12-3-4-18(21-11-12)23-7-5-13(6-8-23)22-16-10-15(20)14(19(25)28-2)9-17(16)24(26)27/h3-4,9-11,13,22H,5-8H2,1-2H3. The molecule has 9 heteroatoms. The number of aromatic nitrogens is 1. The average Bonchev–Trinajstić information content (AvgIpc) is 2.68. The summed E-state index contributed by atoms with van der Waals surface area (Å²) < 4.78 is 4.63. The Hall–Kier alpha value is -2.87. The molecule has 0 saturated carbocycles. The summed E-state index contributed by atoms with van der Waals surface area (Å²) in [5.41, 5.74) is 1.18. The summed E-state index contributed by atoms with van der Waals surface area (Å²) in [7, 11) is 1.20. The third kappa shape index (κ3) is 4.33. The first-order valence-corrected chi connectivity index (χ1v) is 9.27. The zero-order valence-electron chi connectivity index (χ0n) is 15.6. The maximum Gasteiger partial charge on any atom is 0.339 e. The van der Waals surface area contributed by atoms with E-state index in [2.05, 4.69) is 19.9 Å². The molecule has 0 atom stereocenters. The van der Waals surface area contributed by atoms with Crippen molar-refractivity contribution in [2.75, 3.05) is 30.4 Å². The summed E-state index contributed by atoms with van der Waals surface area (Å²) in [6.45, 7) is 3.57. The summed E-state index contributed by atoms with van der Waals surface area (Å²) in [6, 6.07) is 6.66. The first-order chi connectivity index (χ1) is 13.4. The smallest absolute Gasteiger partial charge is 0.339 e. The second-order valence-corrected chi connectivity index (χ2v) is 7.10. The van der Waals surface area contributed by atoms with E-state index in [1.807, 2.05) is 25.3 Å². The van der Waals surface area contributed by atoms with Crippen LogP contribution in [0.1, 0.15) is 28.8 Å². The van der Waals surface area contributed by atoms with E-state index in [0.717, 1.165) is 43.4 Å². The number of carbonyl (C=O) groups is 1. The van der Waals surface area contributed by atoms with Crippen LogP contribution in [0.15, 0.2) is 30.5 Å². The van der Waals surface area contributed by atoms with Gasteiger partial charge in [-0.1, -0.05) is 17.7 Å². The number of nitrogens with one attached hydrogen (secondary N) is 1. The lowest BCUT2D eigenvalue weighted by atomic mass is 10.0. The number of hydrogen-bond acceptors (Lipinski definition) is 7. The molecule has 1 aliphatic heterocycles. The summed E-state index contributed by atoms with van der Waals surface area (Å²) >= 11 is 6.13. The van der Waals surface area contributed by atoms with Crippen LogP contribution in [0.3, 0.4) is 0 Å². The highest BCUT2D eigenvalue weighted by atomic mass is 35.5. The summed E-state index contributed by atoms with van der Waals surface area (Å²) in [5.74, 6) is 0.221. The summed E-state index contributed by atoms with van der Waals surface area (Å²) in [6.07, 6.45) is 3.43. The van der Waals surface area contributed by atoms with Crippen molar-refractivity contribution < 1.29 is 14.5 Å². The quantitative estimate of drug-likeness (QED) is 0.459. The van der Waals surface area contributed by atoms with Crippen LogP contribution in [0.4, 0.5) is 17.2 Å². The molecule has 0 unspecified atom stereocenters. The van der Waals surface area contributed by atoms with Gasteiger partial charge in [0.15, 0.2) is 0 Å². The summed E-state index contributed by atoms with van der Waals surface area (Å²) in [5, 5.41) is 14.8. The van der Waals surface area contributed by atoms with E-state index in [1.54, 1.807) is 0 Å². The number of ether oxygens (including phenoxy) is 1. The van der Waals surface area contributed by atoms with Crippen LogP contribution in [-0.4, -0.2) is 42.1 Å². The Labute approximate surface area is 167 Å². The van der Waals surface area contributed by atoms with Gasteiger partial charge in [-0.2, -0.15) is 0 Å². The third-order valence-electron chi connectivity index (χ3n) is 4.76. The molecular formula is C19H21ClN4O4. The molecule has 0 aliphatic carbocycles. The van der Waals surface area contributed by atoms with Crippen LogP contribution in [0.2, 0.25) is 5.02 Å². The van der Waals surface area contributed by atoms with Crippen molar-refractivity contribution in [3.8, 4) is 0 Å². The fourth-order valence-corrected chi connectivity index (χ4v) is 3.46. The Morgan fingerprint density at radius 1 is 1.36 bits per heavy atom. The van der Waals surface area contributed by atoms with E-state index >= 15 is 0 Å². The van der Waals surface area contributed by atoms with Crippen molar-refractivity contribution in [3.05, 3.63) is 56.7 Å². The van der Waals surface area contributed by atoms with E-state index in [0.29, 0.717) is 5.69 Å². The number of carbonyl (C=O) groups excluding carboxylic acids is 1. The summed E-state index contributed by atoms with van der Waals surface area (Å²) in [4.78, 5) is 29.3. The number of benzene rings is 1. The van der Waals surface area contributed by atoms with Crippen molar-refractivity contribution >= 4 is 34.8 Å². The molecule has 0 amide bonds. The van der Waals surface area contributed by atoms with Crippen LogP contribution < -0.4 is 10.2 Å². The number of piperidine rings is 1. The molecule has 8 nitrogen and oxygen atoms in total. The molecule has 1 aliphatic rings. The van der Waals surface area contributed by atoms with Gasteiger partial charge in [-0.05, 0) is 37.5 Å². The predicted molar refractivity (Wildman–Crippen MR) is 107 cm³/mol. The number of rotatable bonds is 5. The highest BCUT2D eigenvalue weighted by molar-refractivity contribution is 6.34. The van der Waals surface area contributed by atoms with Gasteiger partial charge in [-0.25, -0.2) is 9.78 Å². The highest BCUT2D eigenvalue weighted by Gasteiger charge is 2.25. The zero-order chi connectivity index (χ0) is 20.3. The van der Waals surface area contributed by atoms with E-state index in [9.17, 15) is 14.9 Å². The Morgan fingerprint density at radius 2 is 2.07 bits per heavy atom. The largest absolute Gasteiger partial charge is 0.465 e. The van der Waals surface area contributed by atoms with Gasteiger partial charge >= 0.3 is 5.97 Å². The molecule has 0 bridgehead atoms. The minimum absolute atomic E-state index is 0.0262. The number of nitrogens with zero attached hydrogens (tertiary/aromatic N) is 3. The second kappa shape index (κ2) is 8.43. The number of pyridine rings is 1. The normalized spacial score (nSPS) is 14.6. The molecule has 3 rings (SSSR count). The Kier molecular flexibility index (Phi) is 5.99. The Bertz CT molecular complexity index is 880. The molecule has 0 spiro atoms. The maximum absolute atomic E-state index is 11.7. The number of esters is 1. The minimum Gasteiger partial charge on any atom is -0.465 e. The number of anilines is 2. The van der Waals surface area contributed by atoms with Crippen LogP contribution in [0, 0.1) is 17.0 Å². The first kappa shape index (κ1) is 19.9. The van der Waals surface area contributed by atoms with E-state index in [4.69, 9.17) is 11.6 Å². The molecule has 148 valence electrons. The zero-order valence-corrected chi connectivity index (χ0v) is 16.4. The number of nitro benzene ring substituents is 1. The van der Waals surface area contributed by atoms with Gasteiger partial charge in [0.05, 0.1) is 22.6 Å². The highest BCUT2D eigenvalue weighted by Crippen LogP contribution is 2.33. The van der Waals surface area contributed by atoms with Gasteiger partial charge in [0.1, 0.15) is 11.5 Å². The Balaban J connectivity index is 1.72. The third-order valence-corrected chi connectivity index (χ3v) is 5.07. The molecular weight excluding hydrogens is 384 g/mol. The first-order valence-electron chi connectivity index (χ1n) is 8.89. The lowest BCUT2D eigenvalue weighted by molar-refractivity contribution is -0.384. The van der Waals surface area contributed by atoms with Crippen LogP contribution in [0.25, 0.3) is 0 Å². The van der Waals surface area contributed by atoms with Crippen LogP contribution >= 0.6 is 11.6 Å². The van der Waals surface area contributed by atoms with Crippen LogP contribution in [-0.2, 0) is 4.74 Å². The van der Waals surface area contributed by atoms with Crippen molar-refractivity contribution in [2.45, 2.75) is 25.8 Å². The molecule has 1 aromatic heterocycles. The lowest BCUT2D eigenvalue weighted by Gasteiger charge is -2.33. The number of methoxy groups -OCH3 is 1. The molecule has 1 fully saturated rings. The number of halogens is 1. The number of aryl methyl sites for hydroxylation is 1. The Morgan fingerprint density at radius 3 is 2.64 bits per heavy atom. The van der Waals surface area contributed by atoms with Gasteiger partial charge < -0.3 is 15.0 Å². The number of hydrogen-bond donors (Lipinski definition) is 1. The van der Waals surface area contributed by atoms with Crippen molar-refractivity contribution in [1.82, 2.24) is 4.98 Å². The van der Waals surface area contributed by atoms with Crippen molar-refractivity contribution in [2.24, 2.45) is 0 Å². The van der Waals surface area contributed by atoms with Gasteiger partial charge in [0.25, 0.3) is 5.69 Å². The monoisotopic (exact) mass is 404 g/mol. The average molecular weight is 405 g/mol. The van der Waals surface area contributed by atoms with Crippen molar-refractivity contribution in [1.29, 1.82) is 0 Å². The predicted octanol–water partition coefficient (Wildman–Crippen LogP) is 3.82. The lowest BCUT2D eigenvalue weighted by Crippen LogP contribution is -2.39. The number of nitro groups is 1. The molecule has 2 aromatic rings. The topological polar surface area (TPSA) is 97.6 Å². The fraction of sp³-hybridized carbons (Fsp3) is 0.368. The molecule has 1 N–H and O–H groups in total. The van der Waals surface area contributed by atoms with E-state index in [-0.39, 0.29) is 22.3 Å². The van der Waals surface area contributed by atoms with Gasteiger partial charge in [0.2, 0.25) is 0 Å². The van der Waals surface area contributed by atoms with Gasteiger partial charge in [0, 0.05) is 31.4 Å². The van der Waals surface area contributed by atoms with E-state index < -0.39 is 10.9 Å². The molecule has 2 heterocycles. The minimum atomic E-state index is -0.710. The molecule has 0 radical (unpaired) electrons. The molecule has 1 saturated heterocycles. The van der Waals surface area contributed by atoms with Gasteiger partial charge in [-0.15, -0.1) is 0 Å².